The average molecular weight is 547 g/mol. The number of ether oxygens (including phenoxy) is 1. The smallest absolute Gasteiger partial charge is 0.408 e. The molecule has 4 amide bonds. The molecular weight excluding hydrogens is 511 g/mol. The van der Waals surface area contributed by atoms with Crippen molar-refractivity contribution in [1.29, 1.82) is 0 Å². The van der Waals surface area contributed by atoms with Crippen LogP contribution in [0.2, 0.25) is 0 Å². The van der Waals surface area contributed by atoms with Crippen molar-refractivity contribution in [3.8, 4) is 0 Å². The Bertz CT molecular complexity index is 846. The molecule has 4 N–H and O–H groups in total. The second kappa shape index (κ2) is 12.2. The van der Waals surface area contributed by atoms with Crippen LogP contribution in [0.4, 0.5) is 26.7 Å². The molecule has 1 heterocycles. The fraction of sp³-hybridized carbons (Fsp3) is 0.818. The van der Waals surface area contributed by atoms with E-state index in [1.807, 2.05) is 0 Å². The first kappa shape index (κ1) is 32.3. The Kier molecular flexibility index (Phi) is 10.7. The molecule has 0 saturated carbocycles. The van der Waals surface area contributed by atoms with E-state index in [1.54, 1.807) is 20.8 Å². The van der Waals surface area contributed by atoms with E-state index in [2.05, 4.69) is 10.6 Å². The number of hydrogen-bond acceptors (Lipinski definition) is 6. The Labute approximate surface area is 211 Å². The van der Waals surface area contributed by atoms with E-state index in [-0.39, 0.29) is 13.0 Å². The molecule has 0 aliphatic carbocycles. The number of halogens is 5. The predicted octanol–water partition coefficient (Wildman–Crippen LogP) is 1.71. The first-order valence-corrected chi connectivity index (χ1v) is 11.7. The lowest BCUT2D eigenvalue weighted by Crippen LogP contribution is -2.61. The van der Waals surface area contributed by atoms with E-state index in [0.29, 0.717) is 6.42 Å². The number of nitrogens with zero attached hydrogens (tertiary/aromatic N) is 1. The molecule has 1 fully saturated rings. The molecule has 0 aromatic rings. The lowest BCUT2D eigenvalue weighted by molar-refractivity contribution is -0.175. The van der Waals surface area contributed by atoms with Crippen LogP contribution in [-0.2, 0) is 19.1 Å². The molecule has 4 atom stereocenters. The van der Waals surface area contributed by atoms with Crippen LogP contribution in [0.5, 0.6) is 0 Å². The third-order valence-corrected chi connectivity index (χ3v) is 5.43. The first-order chi connectivity index (χ1) is 16.7. The zero-order chi connectivity index (χ0) is 28.9. The number of alkyl carbamates (subject to hydrolysis) is 1. The highest BCUT2D eigenvalue weighted by molar-refractivity contribution is 5.92. The molecular formula is C22H35F5N4O6. The normalized spacial score (nSPS) is 19.2. The second-order valence-corrected chi connectivity index (χ2v) is 10.2. The summed E-state index contributed by atoms with van der Waals surface area (Å²) < 4.78 is 70.9. The van der Waals surface area contributed by atoms with Gasteiger partial charge in [0.2, 0.25) is 11.8 Å². The van der Waals surface area contributed by atoms with Crippen molar-refractivity contribution in [2.75, 3.05) is 13.1 Å². The van der Waals surface area contributed by atoms with Crippen molar-refractivity contribution in [3.05, 3.63) is 0 Å². The molecule has 1 aliphatic heterocycles. The summed E-state index contributed by atoms with van der Waals surface area (Å²) in [4.78, 5) is 50.6. The Morgan fingerprint density at radius 3 is 2.08 bits per heavy atom. The fourth-order valence-electron chi connectivity index (χ4n) is 3.63. The van der Waals surface area contributed by atoms with Gasteiger partial charge in [-0.3, -0.25) is 14.4 Å². The Balaban J connectivity index is 2.94. The molecule has 3 unspecified atom stereocenters. The summed E-state index contributed by atoms with van der Waals surface area (Å²) in [6, 6.07) is -3.96. The summed E-state index contributed by atoms with van der Waals surface area (Å²) in [6.07, 6.45) is -8.13. The van der Waals surface area contributed by atoms with E-state index >= 15 is 0 Å². The van der Waals surface area contributed by atoms with E-state index < -0.39 is 78.2 Å². The van der Waals surface area contributed by atoms with Gasteiger partial charge in [0.1, 0.15) is 30.3 Å². The number of aliphatic hydroxyl groups is 1. The summed E-state index contributed by atoms with van der Waals surface area (Å²) >= 11 is 0. The van der Waals surface area contributed by atoms with Crippen LogP contribution >= 0.6 is 0 Å². The van der Waals surface area contributed by atoms with E-state index in [9.17, 15) is 46.2 Å². The molecule has 1 aliphatic rings. The second-order valence-electron chi connectivity index (χ2n) is 10.2. The number of nitrogens with one attached hydrogen (secondary N) is 3. The van der Waals surface area contributed by atoms with E-state index in [0.717, 1.165) is 10.2 Å². The van der Waals surface area contributed by atoms with Crippen LogP contribution in [0.25, 0.3) is 0 Å². The lowest BCUT2D eigenvalue weighted by Gasteiger charge is -2.34. The van der Waals surface area contributed by atoms with Gasteiger partial charge in [-0.1, -0.05) is 13.8 Å². The van der Waals surface area contributed by atoms with Gasteiger partial charge in [0, 0.05) is 6.54 Å². The average Bonchev–Trinajstić information content (AvgIpc) is 3.22. The SMILES string of the molecule is CC(C)C(NC(=O)C1CCCN1C(=O)[C@H](C)NC(=O)OC(C)(C)C)C(O)C(F)(F)C(=O)NCC(F)(F)F. The van der Waals surface area contributed by atoms with Crippen LogP contribution in [0.3, 0.4) is 0 Å². The quantitative estimate of drug-likeness (QED) is 0.325. The number of carbonyl (C=O) groups excluding carboxylic acids is 4. The number of carbonyl (C=O) groups is 4. The molecule has 1 saturated heterocycles. The molecule has 10 nitrogen and oxygen atoms in total. The summed E-state index contributed by atoms with van der Waals surface area (Å²) in [5.74, 6) is -9.43. The third kappa shape index (κ3) is 9.59. The molecule has 37 heavy (non-hydrogen) atoms. The predicted molar refractivity (Wildman–Crippen MR) is 120 cm³/mol. The van der Waals surface area contributed by atoms with Crippen molar-refractivity contribution in [3.63, 3.8) is 0 Å². The Hall–Kier alpha value is -2.71. The van der Waals surface area contributed by atoms with E-state index in [1.165, 1.54) is 20.8 Å². The molecule has 1 rings (SSSR count). The minimum absolute atomic E-state index is 0.127. The molecule has 0 spiro atoms. The van der Waals surface area contributed by atoms with Gasteiger partial charge in [0.25, 0.3) is 5.91 Å². The molecule has 0 aromatic carbocycles. The molecule has 0 bridgehead atoms. The topological polar surface area (TPSA) is 137 Å². The maximum Gasteiger partial charge on any atom is 0.408 e. The largest absolute Gasteiger partial charge is 0.444 e. The van der Waals surface area contributed by atoms with E-state index in [4.69, 9.17) is 4.74 Å². The van der Waals surface area contributed by atoms with Gasteiger partial charge in [-0.25, -0.2) is 4.79 Å². The molecule has 214 valence electrons. The zero-order valence-corrected chi connectivity index (χ0v) is 21.5. The highest BCUT2D eigenvalue weighted by Gasteiger charge is 2.52. The van der Waals surface area contributed by atoms with Gasteiger partial charge >= 0.3 is 18.2 Å². The highest BCUT2D eigenvalue weighted by atomic mass is 19.4. The van der Waals surface area contributed by atoms with Gasteiger partial charge in [-0.15, -0.1) is 0 Å². The molecule has 0 radical (unpaired) electrons. The zero-order valence-electron chi connectivity index (χ0n) is 21.5. The lowest BCUT2D eigenvalue weighted by atomic mass is 9.93. The maximum atomic E-state index is 14.5. The van der Waals surface area contributed by atoms with Crippen molar-refractivity contribution >= 4 is 23.8 Å². The number of hydrogen-bond donors (Lipinski definition) is 4. The van der Waals surface area contributed by atoms with Crippen LogP contribution in [0.15, 0.2) is 0 Å². The number of alkyl halides is 5. The van der Waals surface area contributed by atoms with Gasteiger partial charge in [0.15, 0.2) is 0 Å². The standard InChI is InChI=1S/C22H35F5N4O6/c1-11(2)14(15(32)22(26,27)18(35)28-10-21(23,24)25)30-16(33)13-8-7-9-31(13)17(34)12(3)29-19(36)37-20(4,5)6/h11-15,32H,7-10H2,1-6H3,(H,28,35)(H,29,36)(H,30,33)/t12-,13?,14?,15?/m0/s1. The van der Waals surface area contributed by atoms with Crippen LogP contribution in [0, 0.1) is 5.92 Å². The van der Waals surface area contributed by atoms with Crippen molar-refractivity contribution in [2.45, 2.75) is 96.3 Å². The highest BCUT2D eigenvalue weighted by Crippen LogP contribution is 2.27. The number of likely N-dealkylation sites (tertiary alicyclic amines) is 1. The summed E-state index contributed by atoms with van der Waals surface area (Å²) in [5.41, 5.74) is -0.818. The van der Waals surface area contributed by atoms with Gasteiger partial charge in [-0.2, -0.15) is 22.0 Å². The molecule has 0 aromatic heterocycles. The van der Waals surface area contributed by atoms with Crippen molar-refractivity contribution in [1.82, 2.24) is 20.9 Å². The maximum absolute atomic E-state index is 14.5. The summed E-state index contributed by atoms with van der Waals surface area (Å²) in [6.45, 7) is 7.06. The minimum Gasteiger partial charge on any atom is -0.444 e. The number of aliphatic hydroxyl groups excluding tert-OH is 1. The van der Waals surface area contributed by atoms with Crippen molar-refractivity contribution in [2.24, 2.45) is 5.92 Å². The minimum atomic E-state index is -4.95. The van der Waals surface area contributed by atoms with Crippen LogP contribution < -0.4 is 16.0 Å². The monoisotopic (exact) mass is 546 g/mol. The fourth-order valence-corrected chi connectivity index (χ4v) is 3.63. The van der Waals surface area contributed by atoms with Crippen molar-refractivity contribution < 1.29 is 51.0 Å². The van der Waals surface area contributed by atoms with Crippen LogP contribution in [-0.4, -0.2) is 88.8 Å². The summed E-state index contributed by atoms with van der Waals surface area (Å²) in [5, 5.41) is 15.8. The van der Waals surface area contributed by atoms with Gasteiger partial charge in [0.05, 0.1) is 6.04 Å². The third-order valence-electron chi connectivity index (χ3n) is 5.43. The first-order valence-electron chi connectivity index (χ1n) is 11.7. The summed E-state index contributed by atoms with van der Waals surface area (Å²) in [7, 11) is 0. The number of amides is 4. The Morgan fingerprint density at radius 1 is 1.03 bits per heavy atom. The Morgan fingerprint density at radius 2 is 1.59 bits per heavy atom. The van der Waals surface area contributed by atoms with Gasteiger partial charge in [-0.05, 0) is 46.5 Å². The van der Waals surface area contributed by atoms with Crippen LogP contribution in [0.1, 0.15) is 54.4 Å². The number of rotatable bonds is 9. The van der Waals surface area contributed by atoms with Gasteiger partial charge < -0.3 is 30.7 Å². The molecule has 15 heteroatoms.